The van der Waals surface area contributed by atoms with Gasteiger partial charge in [0.1, 0.15) is 23.9 Å². The number of para-hydroxylation sites is 1. The molecule has 0 aliphatic rings. The van der Waals surface area contributed by atoms with Crippen molar-refractivity contribution in [1.29, 1.82) is 0 Å². The van der Waals surface area contributed by atoms with Gasteiger partial charge in [-0.2, -0.15) is 0 Å². The van der Waals surface area contributed by atoms with Gasteiger partial charge in [0.05, 0.1) is 6.54 Å². The van der Waals surface area contributed by atoms with Gasteiger partial charge in [-0.05, 0) is 48.2 Å². The number of halogens is 1. The lowest BCUT2D eigenvalue weighted by atomic mass is 9.86. The van der Waals surface area contributed by atoms with Crippen molar-refractivity contribution in [2.24, 2.45) is 0 Å². The largest absolute Gasteiger partial charge is 0.491 e. The third-order valence-electron chi connectivity index (χ3n) is 3.85. The van der Waals surface area contributed by atoms with Gasteiger partial charge in [0, 0.05) is 0 Å². The van der Waals surface area contributed by atoms with E-state index in [1.54, 1.807) is 6.92 Å². The molecule has 0 spiro atoms. The van der Waals surface area contributed by atoms with E-state index in [1.165, 1.54) is 24.3 Å². The van der Waals surface area contributed by atoms with Crippen LogP contribution in [0, 0.1) is 5.82 Å². The molecule has 0 aliphatic heterocycles. The molecule has 1 amide bonds. The Morgan fingerprint density at radius 2 is 1.77 bits per heavy atom. The van der Waals surface area contributed by atoms with Gasteiger partial charge in [0.25, 0.3) is 5.91 Å². The summed E-state index contributed by atoms with van der Waals surface area (Å²) >= 11 is 0. The molecule has 1 atom stereocenters. The number of rotatable bonds is 7. The first-order chi connectivity index (χ1) is 12.3. The minimum atomic E-state index is -0.678. The molecule has 0 aromatic heterocycles. The minimum absolute atomic E-state index is 0.0165. The Morgan fingerprint density at radius 1 is 1.12 bits per heavy atom. The molecule has 2 aromatic carbocycles. The number of hydrogen-bond acceptors (Lipinski definition) is 3. The first-order valence-corrected chi connectivity index (χ1v) is 8.69. The normalized spacial score (nSPS) is 12.3. The van der Waals surface area contributed by atoms with E-state index >= 15 is 0 Å². The lowest BCUT2D eigenvalue weighted by Gasteiger charge is -2.22. The molecule has 4 nitrogen and oxygen atoms in total. The summed E-state index contributed by atoms with van der Waals surface area (Å²) in [4.78, 5) is 12.1. The van der Waals surface area contributed by atoms with Crippen molar-refractivity contribution in [3.8, 4) is 11.5 Å². The minimum Gasteiger partial charge on any atom is -0.491 e. The first-order valence-electron chi connectivity index (χ1n) is 8.69. The standard InChI is InChI=1S/C21H26FNO3/c1-15(26-17-11-9-16(22)10-12-17)20(24)23-13-14-25-19-8-6-5-7-18(19)21(2,3)4/h5-12,15H,13-14H2,1-4H3,(H,23,24)/t15-/m1/s1. The Kier molecular flexibility index (Phi) is 6.61. The van der Waals surface area contributed by atoms with Crippen molar-refractivity contribution >= 4 is 5.91 Å². The SMILES string of the molecule is C[C@@H](Oc1ccc(F)cc1)C(=O)NCCOc1ccccc1C(C)(C)C. The van der Waals surface area contributed by atoms with Crippen molar-refractivity contribution in [1.82, 2.24) is 5.32 Å². The second kappa shape index (κ2) is 8.70. The van der Waals surface area contributed by atoms with Crippen molar-refractivity contribution in [3.63, 3.8) is 0 Å². The third-order valence-corrected chi connectivity index (χ3v) is 3.85. The molecular weight excluding hydrogens is 333 g/mol. The zero-order chi connectivity index (χ0) is 19.2. The molecule has 26 heavy (non-hydrogen) atoms. The molecule has 2 aromatic rings. The van der Waals surface area contributed by atoms with Crippen LogP contribution >= 0.6 is 0 Å². The van der Waals surface area contributed by atoms with Gasteiger partial charge in [-0.3, -0.25) is 4.79 Å². The number of benzene rings is 2. The van der Waals surface area contributed by atoms with E-state index < -0.39 is 6.10 Å². The van der Waals surface area contributed by atoms with E-state index in [-0.39, 0.29) is 17.1 Å². The molecule has 2 rings (SSSR count). The predicted octanol–water partition coefficient (Wildman–Crippen LogP) is 4.09. The number of carbonyl (C=O) groups is 1. The van der Waals surface area contributed by atoms with Crippen LogP contribution in [0.15, 0.2) is 48.5 Å². The number of carbonyl (C=O) groups excluding carboxylic acids is 1. The summed E-state index contributed by atoms with van der Waals surface area (Å²) in [7, 11) is 0. The summed E-state index contributed by atoms with van der Waals surface area (Å²) < 4.78 is 24.2. The highest BCUT2D eigenvalue weighted by Crippen LogP contribution is 2.30. The zero-order valence-corrected chi connectivity index (χ0v) is 15.7. The molecule has 0 fully saturated rings. The van der Waals surface area contributed by atoms with Gasteiger partial charge in [-0.25, -0.2) is 4.39 Å². The highest BCUT2D eigenvalue weighted by atomic mass is 19.1. The highest BCUT2D eigenvalue weighted by molar-refractivity contribution is 5.80. The summed E-state index contributed by atoms with van der Waals surface area (Å²) in [5.41, 5.74) is 1.11. The fourth-order valence-corrected chi connectivity index (χ4v) is 2.46. The summed E-state index contributed by atoms with van der Waals surface area (Å²) in [5.74, 6) is 0.679. The molecule has 0 aliphatic carbocycles. The molecule has 1 N–H and O–H groups in total. The van der Waals surface area contributed by atoms with Crippen molar-refractivity contribution in [2.75, 3.05) is 13.2 Å². The van der Waals surface area contributed by atoms with Crippen LogP contribution in [0.25, 0.3) is 0 Å². The van der Waals surface area contributed by atoms with Crippen LogP contribution < -0.4 is 14.8 Å². The van der Waals surface area contributed by atoms with Crippen LogP contribution in [0.5, 0.6) is 11.5 Å². The molecule has 0 unspecified atom stereocenters. The zero-order valence-electron chi connectivity index (χ0n) is 15.7. The van der Waals surface area contributed by atoms with E-state index in [0.717, 1.165) is 11.3 Å². The monoisotopic (exact) mass is 359 g/mol. The van der Waals surface area contributed by atoms with Crippen LogP contribution in [0.2, 0.25) is 0 Å². The van der Waals surface area contributed by atoms with Crippen molar-refractivity contribution in [2.45, 2.75) is 39.2 Å². The fourth-order valence-electron chi connectivity index (χ4n) is 2.46. The van der Waals surface area contributed by atoms with E-state index in [2.05, 4.69) is 26.1 Å². The number of ether oxygens (including phenoxy) is 2. The van der Waals surface area contributed by atoms with Crippen molar-refractivity contribution < 1.29 is 18.7 Å². The van der Waals surface area contributed by atoms with E-state index in [4.69, 9.17) is 9.47 Å². The van der Waals surface area contributed by atoms with Gasteiger partial charge in [-0.1, -0.05) is 39.0 Å². The van der Waals surface area contributed by atoms with Crippen LogP contribution in [0.4, 0.5) is 4.39 Å². The third kappa shape index (κ3) is 5.76. The van der Waals surface area contributed by atoms with Crippen LogP contribution in [0.1, 0.15) is 33.3 Å². The van der Waals surface area contributed by atoms with E-state index in [0.29, 0.717) is 18.9 Å². The van der Waals surface area contributed by atoms with Gasteiger partial charge in [-0.15, -0.1) is 0 Å². The number of nitrogens with one attached hydrogen (secondary N) is 1. The summed E-state index contributed by atoms with van der Waals surface area (Å²) in [5, 5.41) is 2.78. The van der Waals surface area contributed by atoms with Crippen molar-refractivity contribution in [3.05, 3.63) is 59.9 Å². The molecule has 0 radical (unpaired) electrons. The molecule has 0 saturated heterocycles. The Balaban J connectivity index is 1.79. The molecular formula is C21H26FNO3. The fraction of sp³-hybridized carbons (Fsp3) is 0.381. The molecule has 5 heteroatoms. The number of amides is 1. The second-order valence-corrected chi connectivity index (χ2v) is 7.10. The Bertz CT molecular complexity index is 723. The first kappa shape index (κ1) is 19.8. The lowest BCUT2D eigenvalue weighted by molar-refractivity contribution is -0.127. The van der Waals surface area contributed by atoms with Gasteiger partial charge in [0.15, 0.2) is 6.10 Å². The van der Waals surface area contributed by atoms with E-state index in [9.17, 15) is 9.18 Å². The van der Waals surface area contributed by atoms with Gasteiger partial charge in [0.2, 0.25) is 0 Å². The summed E-state index contributed by atoms with van der Waals surface area (Å²) in [6.07, 6.45) is -0.678. The molecule has 0 heterocycles. The van der Waals surface area contributed by atoms with Gasteiger partial charge < -0.3 is 14.8 Å². The average molecular weight is 359 g/mol. The maximum atomic E-state index is 12.9. The highest BCUT2D eigenvalue weighted by Gasteiger charge is 2.18. The smallest absolute Gasteiger partial charge is 0.260 e. The predicted molar refractivity (Wildman–Crippen MR) is 100 cm³/mol. The topological polar surface area (TPSA) is 47.6 Å². The summed E-state index contributed by atoms with van der Waals surface area (Å²) in [6.45, 7) is 8.77. The van der Waals surface area contributed by atoms with Crippen LogP contribution in [-0.2, 0) is 10.2 Å². The number of hydrogen-bond donors (Lipinski definition) is 1. The van der Waals surface area contributed by atoms with Gasteiger partial charge >= 0.3 is 0 Å². The molecule has 140 valence electrons. The molecule has 0 bridgehead atoms. The maximum Gasteiger partial charge on any atom is 0.260 e. The Hall–Kier alpha value is -2.56. The van der Waals surface area contributed by atoms with Crippen LogP contribution in [-0.4, -0.2) is 25.2 Å². The average Bonchev–Trinajstić information content (AvgIpc) is 2.60. The lowest BCUT2D eigenvalue weighted by Crippen LogP contribution is -2.38. The van der Waals surface area contributed by atoms with Crippen LogP contribution in [0.3, 0.4) is 0 Å². The Labute approximate surface area is 154 Å². The summed E-state index contributed by atoms with van der Waals surface area (Å²) in [6, 6.07) is 13.5. The molecule has 0 saturated carbocycles. The van der Waals surface area contributed by atoms with E-state index in [1.807, 2.05) is 24.3 Å². The second-order valence-electron chi connectivity index (χ2n) is 7.10. The maximum absolute atomic E-state index is 12.9. The Morgan fingerprint density at radius 3 is 2.42 bits per heavy atom. The quantitative estimate of drug-likeness (QED) is 0.758.